The zero-order valence-electron chi connectivity index (χ0n) is 12.3. The average Bonchev–Trinajstić information content (AvgIpc) is 2.45. The Morgan fingerprint density at radius 1 is 1.16 bits per heavy atom. The summed E-state index contributed by atoms with van der Waals surface area (Å²) in [6, 6.07) is 10.7. The summed E-state index contributed by atoms with van der Waals surface area (Å²) in [7, 11) is 0. The molecule has 1 rings (SSSR count). The van der Waals surface area contributed by atoms with Gasteiger partial charge >= 0.3 is 0 Å². The van der Waals surface area contributed by atoms with Crippen LogP contribution in [0.4, 0.5) is 0 Å². The molecular weight excluding hydrogens is 248 g/mol. The van der Waals surface area contributed by atoms with E-state index in [4.69, 9.17) is 0 Å². The van der Waals surface area contributed by atoms with Crippen molar-refractivity contribution in [3.8, 4) is 0 Å². The van der Waals surface area contributed by atoms with E-state index in [2.05, 4.69) is 50.8 Å². The normalized spacial score (nSPS) is 12.1. The first-order valence-electron chi connectivity index (χ1n) is 7.36. The summed E-state index contributed by atoms with van der Waals surface area (Å²) in [5.74, 6) is 0. The number of hydrogen-bond donors (Lipinski definition) is 0. The van der Waals surface area contributed by atoms with Gasteiger partial charge in [-0.3, -0.25) is 0 Å². The Bertz CT molecular complexity index is 389. The number of thioether (sulfide) groups is 1. The van der Waals surface area contributed by atoms with Crippen molar-refractivity contribution in [1.29, 1.82) is 0 Å². The molecule has 0 radical (unpaired) electrons. The van der Waals surface area contributed by atoms with Crippen molar-refractivity contribution < 1.29 is 0 Å². The molecule has 0 saturated heterocycles. The lowest BCUT2D eigenvalue weighted by molar-refractivity contribution is 0.720. The highest BCUT2D eigenvalue weighted by Crippen LogP contribution is 2.34. The van der Waals surface area contributed by atoms with Crippen molar-refractivity contribution in [2.45, 2.75) is 57.3 Å². The van der Waals surface area contributed by atoms with Gasteiger partial charge < -0.3 is 0 Å². The van der Waals surface area contributed by atoms with Gasteiger partial charge in [0.2, 0.25) is 0 Å². The lowest BCUT2D eigenvalue weighted by Gasteiger charge is -2.13. The predicted octanol–water partition coefficient (Wildman–Crippen LogP) is 6.60. The third kappa shape index (κ3) is 6.15. The smallest absolute Gasteiger partial charge is 0.0119 e. The van der Waals surface area contributed by atoms with Crippen LogP contribution < -0.4 is 0 Å². The second-order valence-corrected chi connectivity index (χ2v) is 5.91. The molecule has 104 valence electrons. The highest BCUT2D eigenvalue weighted by Gasteiger charge is 2.06. The van der Waals surface area contributed by atoms with Crippen LogP contribution in [0.25, 0.3) is 0 Å². The fourth-order valence-electron chi connectivity index (χ4n) is 2.10. The molecule has 0 saturated carbocycles. The minimum atomic E-state index is 1.03. The van der Waals surface area contributed by atoms with Crippen LogP contribution in [-0.2, 0) is 0 Å². The van der Waals surface area contributed by atoms with Crippen molar-refractivity contribution in [1.82, 2.24) is 0 Å². The number of hydrogen-bond acceptors (Lipinski definition) is 1. The molecule has 0 N–H and O–H groups in total. The van der Waals surface area contributed by atoms with Gasteiger partial charge in [-0.2, -0.15) is 0 Å². The molecule has 0 aliphatic carbocycles. The van der Waals surface area contributed by atoms with Gasteiger partial charge in [-0.15, -0.1) is 6.58 Å². The van der Waals surface area contributed by atoms with Crippen LogP contribution in [0, 0.1) is 0 Å². The topological polar surface area (TPSA) is 0 Å². The highest BCUT2D eigenvalue weighted by atomic mass is 32.2. The van der Waals surface area contributed by atoms with E-state index in [0.717, 1.165) is 12.8 Å². The van der Waals surface area contributed by atoms with E-state index in [1.807, 2.05) is 17.8 Å². The lowest BCUT2D eigenvalue weighted by Crippen LogP contribution is -1.89. The molecule has 0 aromatic heterocycles. The molecule has 0 spiro atoms. The van der Waals surface area contributed by atoms with E-state index in [0.29, 0.717) is 0 Å². The number of benzene rings is 1. The van der Waals surface area contributed by atoms with Crippen LogP contribution >= 0.6 is 11.8 Å². The van der Waals surface area contributed by atoms with Crippen LogP contribution in [0.15, 0.2) is 58.4 Å². The van der Waals surface area contributed by atoms with E-state index in [1.165, 1.54) is 30.6 Å². The summed E-state index contributed by atoms with van der Waals surface area (Å²) in [4.78, 5) is 2.91. The van der Waals surface area contributed by atoms with Crippen molar-refractivity contribution in [3.05, 3.63) is 53.5 Å². The summed E-state index contributed by atoms with van der Waals surface area (Å²) in [6.07, 6.45) is 9.31. The van der Waals surface area contributed by atoms with Crippen LogP contribution in [0.2, 0.25) is 0 Å². The molecule has 0 amide bonds. The second-order valence-electron chi connectivity index (χ2n) is 4.75. The molecule has 0 fully saturated rings. The van der Waals surface area contributed by atoms with Gasteiger partial charge in [-0.25, -0.2) is 0 Å². The summed E-state index contributed by atoms with van der Waals surface area (Å²) >= 11 is 1.94. The van der Waals surface area contributed by atoms with Crippen molar-refractivity contribution >= 4 is 11.8 Å². The largest absolute Gasteiger partial charge is 0.103 e. The van der Waals surface area contributed by atoms with E-state index >= 15 is 0 Å². The number of rotatable bonds is 9. The maximum Gasteiger partial charge on any atom is 0.0119 e. The van der Waals surface area contributed by atoms with Gasteiger partial charge in [-0.05, 0) is 42.7 Å². The van der Waals surface area contributed by atoms with Gasteiger partial charge in [0.1, 0.15) is 0 Å². The highest BCUT2D eigenvalue weighted by molar-refractivity contribution is 8.03. The minimum Gasteiger partial charge on any atom is -0.103 e. The fourth-order valence-corrected chi connectivity index (χ4v) is 3.29. The maximum atomic E-state index is 3.89. The monoisotopic (exact) mass is 274 g/mol. The van der Waals surface area contributed by atoms with Gasteiger partial charge in [0, 0.05) is 4.90 Å². The number of unbranched alkanes of at least 4 members (excludes halogenated alkanes) is 2. The van der Waals surface area contributed by atoms with Crippen molar-refractivity contribution in [2.75, 3.05) is 0 Å². The minimum absolute atomic E-state index is 1.03. The van der Waals surface area contributed by atoms with E-state index in [-0.39, 0.29) is 0 Å². The summed E-state index contributed by atoms with van der Waals surface area (Å²) < 4.78 is 0. The fraction of sp³-hybridized carbons (Fsp3) is 0.444. The summed E-state index contributed by atoms with van der Waals surface area (Å²) in [5.41, 5.74) is 1.56. The van der Waals surface area contributed by atoms with E-state index < -0.39 is 0 Å². The Morgan fingerprint density at radius 2 is 1.89 bits per heavy atom. The molecule has 1 aromatic carbocycles. The first-order chi connectivity index (χ1) is 9.31. The van der Waals surface area contributed by atoms with Crippen molar-refractivity contribution in [2.24, 2.45) is 0 Å². The standard InChI is InChI=1S/C18H26S/c1-4-7-9-15-18(16(6-3)12-5-2)19-17-13-10-8-11-14-17/h5,8,10-11,13-14H,2,4,6-7,9,12,15H2,1,3H3/b18-16-. The molecular formula is C18H26S. The van der Waals surface area contributed by atoms with E-state index in [1.54, 1.807) is 10.5 Å². The zero-order valence-corrected chi connectivity index (χ0v) is 13.1. The van der Waals surface area contributed by atoms with Gasteiger partial charge in [-0.1, -0.05) is 68.3 Å². The summed E-state index contributed by atoms with van der Waals surface area (Å²) in [6.45, 7) is 8.41. The zero-order chi connectivity index (χ0) is 13.9. The Balaban J connectivity index is 2.81. The Hall–Kier alpha value is -0.950. The molecule has 0 aliphatic heterocycles. The predicted molar refractivity (Wildman–Crippen MR) is 88.6 cm³/mol. The Kier molecular flexibility index (Phi) is 8.40. The number of allylic oxidation sites excluding steroid dienone is 3. The maximum absolute atomic E-state index is 3.89. The van der Waals surface area contributed by atoms with Gasteiger partial charge in [0.15, 0.2) is 0 Å². The van der Waals surface area contributed by atoms with Crippen LogP contribution in [0.5, 0.6) is 0 Å². The third-order valence-corrected chi connectivity index (χ3v) is 4.45. The molecule has 0 atom stereocenters. The van der Waals surface area contributed by atoms with Gasteiger partial charge in [0.05, 0.1) is 0 Å². The average molecular weight is 274 g/mol. The Morgan fingerprint density at radius 3 is 2.47 bits per heavy atom. The molecule has 19 heavy (non-hydrogen) atoms. The third-order valence-electron chi connectivity index (χ3n) is 3.20. The second kappa shape index (κ2) is 9.91. The first-order valence-corrected chi connectivity index (χ1v) is 8.18. The first kappa shape index (κ1) is 16.1. The molecule has 0 heterocycles. The molecule has 1 heteroatoms. The Labute approximate surface area is 123 Å². The van der Waals surface area contributed by atoms with Crippen LogP contribution in [0.3, 0.4) is 0 Å². The van der Waals surface area contributed by atoms with Crippen LogP contribution in [0.1, 0.15) is 52.4 Å². The molecule has 0 unspecified atom stereocenters. The van der Waals surface area contributed by atoms with Crippen molar-refractivity contribution in [3.63, 3.8) is 0 Å². The molecule has 1 aromatic rings. The SMILES string of the molecule is C=CC/C(CC)=C(/CCCCC)Sc1ccccc1. The quantitative estimate of drug-likeness (QED) is 0.278. The van der Waals surface area contributed by atoms with Gasteiger partial charge in [0.25, 0.3) is 0 Å². The summed E-state index contributed by atoms with van der Waals surface area (Å²) in [5, 5.41) is 0. The lowest BCUT2D eigenvalue weighted by atomic mass is 10.1. The molecule has 0 aliphatic rings. The molecule has 0 bridgehead atoms. The van der Waals surface area contributed by atoms with Crippen LogP contribution in [-0.4, -0.2) is 0 Å². The van der Waals surface area contributed by atoms with E-state index in [9.17, 15) is 0 Å². The molecule has 0 nitrogen and oxygen atoms in total.